The zero-order chi connectivity index (χ0) is 22.1. The van der Waals surface area contributed by atoms with Crippen molar-refractivity contribution in [1.82, 2.24) is 0 Å². The summed E-state index contributed by atoms with van der Waals surface area (Å²) in [5.41, 5.74) is 3.54. The van der Waals surface area contributed by atoms with Crippen molar-refractivity contribution in [2.45, 2.75) is 83.5 Å². The molecular formula is C29H38S2. The second kappa shape index (κ2) is 11.8. The van der Waals surface area contributed by atoms with Crippen molar-refractivity contribution in [2.75, 3.05) is 0 Å². The normalized spacial score (nSPS) is 14.4. The molecule has 2 aromatic heterocycles. The zero-order valence-electron chi connectivity index (χ0n) is 19.4. The van der Waals surface area contributed by atoms with Crippen LogP contribution in [0.25, 0.3) is 9.75 Å². The monoisotopic (exact) mass is 450 g/mol. The Kier molecular flexibility index (Phi) is 9.16. The van der Waals surface area contributed by atoms with Gasteiger partial charge >= 0.3 is 0 Å². The summed E-state index contributed by atoms with van der Waals surface area (Å²) < 4.78 is 0. The van der Waals surface area contributed by atoms with Crippen molar-refractivity contribution in [2.24, 2.45) is 0 Å². The molecule has 0 aromatic carbocycles. The van der Waals surface area contributed by atoms with Crippen LogP contribution >= 0.6 is 22.7 Å². The average molecular weight is 451 g/mol. The van der Waals surface area contributed by atoms with Crippen molar-refractivity contribution < 1.29 is 0 Å². The third-order valence-electron chi connectivity index (χ3n) is 6.44. The number of aryl methyl sites for hydroxylation is 2. The molecule has 0 saturated heterocycles. The van der Waals surface area contributed by atoms with Gasteiger partial charge in [0.05, 0.1) is 0 Å². The molecular weight excluding hydrogens is 412 g/mol. The minimum atomic E-state index is 0.244. The molecule has 31 heavy (non-hydrogen) atoms. The first-order valence-electron chi connectivity index (χ1n) is 11.9. The van der Waals surface area contributed by atoms with Gasteiger partial charge in [-0.05, 0) is 75.6 Å². The van der Waals surface area contributed by atoms with Gasteiger partial charge in [0.2, 0.25) is 0 Å². The van der Waals surface area contributed by atoms with Crippen molar-refractivity contribution >= 4 is 22.7 Å². The van der Waals surface area contributed by atoms with E-state index in [1.807, 2.05) is 34.8 Å². The summed E-state index contributed by atoms with van der Waals surface area (Å²) in [6.45, 7) is 12.1. The molecule has 1 aliphatic carbocycles. The van der Waals surface area contributed by atoms with Crippen LogP contribution in [0.4, 0.5) is 0 Å². The molecule has 0 unspecified atom stereocenters. The molecule has 0 nitrogen and oxygen atoms in total. The van der Waals surface area contributed by atoms with Crippen molar-refractivity contribution in [1.29, 1.82) is 0 Å². The van der Waals surface area contributed by atoms with Crippen LogP contribution in [0, 0.1) is 13.8 Å². The lowest BCUT2D eigenvalue weighted by molar-refractivity contribution is 0.403. The molecule has 0 saturated carbocycles. The lowest BCUT2D eigenvalue weighted by atomic mass is 9.71. The Labute approximate surface area is 198 Å². The summed E-state index contributed by atoms with van der Waals surface area (Å²) in [7, 11) is 0. The van der Waals surface area contributed by atoms with Gasteiger partial charge in [0.25, 0.3) is 0 Å². The predicted molar refractivity (Wildman–Crippen MR) is 143 cm³/mol. The summed E-state index contributed by atoms with van der Waals surface area (Å²) >= 11 is 4.03. The number of allylic oxidation sites excluding steroid dienone is 6. The van der Waals surface area contributed by atoms with Crippen LogP contribution in [0.1, 0.15) is 85.1 Å². The first-order chi connectivity index (χ1) is 15.1. The second-order valence-corrected chi connectivity index (χ2v) is 11.3. The Balaban J connectivity index is 1.73. The van der Waals surface area contributed by atoms with Gasteiger partial charge in [-0.3, -0.25) is 0 Å². The van der Waals surface area contributed by atoms with Gasteiger partial charge in [-0.2, -0.15) is 0 Å². The Bertz CT molecular complexity index is 842. The van der Waals surface area contributed by atoms with Gasteiger partial charge in [-0.25, -0.2) is 0 Å². The molecule has 0 atom stereocenters. The summed E-state index contributed by atoms with van der Waals surface area (Å²) in [6, 6.07) is 5.03. The smallest absolute Gasteiger partial charge is 0.0489 e. The topological polar surface area (TPSA) is 0 Å². The van der Waals surface area contributed by atoms with Crippen LogP contribution in [-0.4, -0.2) is 0 Å². The Hall–Kier alpha value is -1.64. The van der Waals surface area contributed by atoms with Gasteiger partial charge in [0, 0.05) is 24.9 Å². The molecule has 2 aromatic rings. The highest BCUT2D eigenvalue weighted by molar-refractivity contribution is 7.22. The van der Waals surface area contributed by atoms with Crippen LogP contribution < -0.4 is 0 Å². The summed E-state index contributed by atoms with van der Waals surface area (Å²) in [5.74, 6) is 0. The van der Waals surface area contributed by atoms with Gasteiger partial charge in [-0.15, -0.1) is 22.7 Å². The third-order valence-corrected chi connectivity index (χ3v) is 8.71. The lowest BCUT2D eigenvalue weighted by Crippen LogP contribution is -2.25. The van der Waals surface area contributed by atoms with Gasteiger partial charge in [0.1, 0.15) is 0 Å². The van der Waals surface area contributed by atoms with Gasteiger partial charge in [0.15, 0.2) is 0 Å². The number of unbranched alkanes of at least 4 members (excludes halogenated alkanes) is 6. The standard InChI is InChI=1S/C29H38S2/c1-5-7-9-11-13-15-17-19-29(20-18-16-14-12-10-8-6-2)25-21-23(3)30-27(25)28-26(29)22-24(4)31-28/h5-10,21-22H,1-2,11-20H2,3-4H3. The van der Waals surface area contributed by atoms with Crippen molar-refractivity contribution in [3.05, 3.63) is 82.6 Å². The number of hydrogen-bond acceptors (Lipinski definition) is 2. The number of thiophene rings is 2. The van der Waals surface area contributed by atoms with Gasteiger partial charge in [-0.1, -0.05) is 75.3 Å². The van der Waals surface area contributed by atoms with Crippen LogP contribution in [0.5, 0.6) is 0 Å². The van der Waals surface area contributed by atoms with E-state index in [1.165, 1.54) is 74.0 Å². The Morgan fingerprint density at radius 1 is 0.710 bits per heavy atom. The molecule has 2 heterocycles. The molecule has 1 aliphatic rings. The van der Waals surface area contributed by atoms with Crippen LogP contribution in [0.15, 0.2) is 61.7 Å². The fourth-order valence-electron chi connectivity index (χ4n) is 5.00. The number of rotatable bonds is 14. The highest BCUT2D eigenvalue weighted by atomic mass is 32.1. The van der Waals surface area contributed by atoms with E-state index < -0.39 is 0 Å². The third kappa shape index (κ3) is 5.79. The van der Waals surface area contributed by atoms with E-state index in [0.717, 1.165) is 0 Å². The molecule has 0 bridgehead atoms. The lowest BCUT2D eigenvalue weighted by Gasteiger charge is -2.31. The largest absolute Gasteiger partial charge is 0.139 e. The number of fused-ring (bicyclic) bond motifs is 3. The van der Waals surface area contributed by atoms with E-state index in [9.17, 15) is 0 Å². The van der Waals surface area contributed by atoms with Crippen molar-refractivity contribution in [3.8, 4) is 9.75 Å². The first kappa shape index (κ1) is 24.0. The van der Waals surface area contributed by atoms with E-state index in [2.05, 4.69) is 63.4 Å². The maximum Gasteiger partial charge on any atom is 0.0489 e. The zero-order valence-corrected chi connectivity index (χ0v) is 21.1. The Morgan fingerprint density at radius 2 is 1.16 bits per heavy atom. The maximum absolute atomic E-state index is 3.77. The molecule has 0 spiro atoms. The number of hydrogen-bond donors (Lipinski definition) is 0. The molecule has 166 valence electrons. The molecule has 0 N–H and O–H groups in total. The highest BCUT2D eigenvalue weighted by Gasteiger charge is 2.44. The molecule has 0 radical (unpaired) electrons. The van der Waals surface area contributed by atoms with Crippen LogP contribution in [-0.2, 0) is 5.41 Å². The summed E-state index contributed by atoms with van der Waals surface area (Å²) in [6.07, 6.45) is 25.1. The fraction of sp³-hybridized carbons (Fsp3) is 0.448. The molecule has 2 heteroatoms. The first-order valence-corrected chi connectivity index (χ1v) is 13.5. The summed E-state index contributed by atoms with van der Waals surface area (Å²) in [5, 5.41) is 0. The van der Waals surface area contributed by atoms with Gasteiger partial charge < -0.3 is 0 Å². The molecule has 0 aliphatic heterocycles. The minimum absolute atomic E-state index is 0.244. The maximum atomic E-state index is 3.77. The van der Waals surface area contributed by atoms with Crippen LogP contribution in [0.2, 0.25) is 0 Å². The second-order valence-electron chi connectivity index (χ2n) is 8.81. The fourth-order valence-corrected chi connectivity index (χ4v) is 7.38. The predicted octanol–water partition coefficient (Wildman–Crippen LogP) is 10.1. The SMILES string of the molecule is C=CC=CCCCCCC1(CCCCCC=CC=C)c2cc(C)sc2-c2sc(C)cc21. The van der Waals surface area contributed by atoms with E-state index in [1.54, 1.807) is 20.9 Å². The minimum Gasteiger partial charge on any atom is -0.139 e. The Morgan fingerprint density at radius 3 is 1.58 bits per heavy atom. The van der Waals surface area contributed by atoms with E-state index in [-0.39, 0.29) is 5.41 Å². The van der Waals surface area contributed by atoms with E-state index >= 15 is 0 Å². The highest BCUT2D eigenvalue weighted by Crippen LogP contribution is 2.59. The average Bonchev–Trinajstić information content (AvgIpc) is 3.38. The van der Waals surface area contributed by atoms with Crippen LogP contribution in [0.3, 0.4) is 0 Å². The quantitative estimate of drug-likeness (QED) is 0.198. The van der Waals surface area contributed by atoms with E-state index in [0.29, 0.717) is 0 Å². The molecule has 3 rings (SSSR count). The molecule has 0 fully saturated rings. The molecule has 0 amide bonds. The summed E-state index contributed by atoms with van der Waals surface area (Å²) in [4.78, 5) is 6.09. The van der Waals surface area contributed by atoms with E-state index in [4.69, 9.17) is 0 Å². The van der Waals surface area contributed by atoms with Crippen molar-refractivity contribution in [3.63, 3.8) is 0 Å².